The second kappa shape index (κ2) is 6.85. The Morgan fingerprint density at radius 3 is 2.73 bits per heavy atom. The molecule has 8 nitrogen and oxygen atoms in total. The summed E-state index contributed by atoms with van der Waals surface area (Å²) in [5.41, 5.74) is 0.233. The average molecular weight is 378 g/mol. The number of nitrogens with zero attached hydrogens (tertiary/aromatic N) is 5. The third kappa shape index (κ3) is 3.03. The van der Waals surface area contributed by atoms with Crippen molar-refractivity contribution in [3.63, 3.8) is 0 Å². The molecule has 1 fully saturated rings. The number of carbonyl (C=O) groups is 1. The molecule has 2 aromatic heterocycles. The van der Waals surface area contributed by atoms with Crippen LogP contribution in [-0.2, 0) is 11.3 Å². The van der Waals surface area contributed by atoms with Gasteiger partial charge in [0, 0.05) is 19.3 Å². The van der Waals surface area contributed by atoms with Crippen molar-refractivity contribution in [2.24, 2.45) is 0 Å². The molecule has 2 atom stereocenters. The van der Waals surface area contributed by atoms with Crippen LogP contribution in [0.2, 0.25) is 5.02 Å². The highest BCUT2D eigenvalue weighted by atomic mass is 35.5. The molecule has 0 spiro atoms. The molecule has 2 aromatic rings. The molecular weight excluding hydrogens is 358 g/mol. The van der Waals surface area contributed by atoms with Crippen LogP contribution in [0.4, 0.5) is 0 Å². The van der Waals surface area contributed by atoms with Gasteiger partial charge >= 0.3 is 5.69 Å². The Morgan fingerprint density at radius 1 is 1.27 bits per heavy atom. The number of aliphatic hydroxyl groups is 1. The zero-order valence-electron chi connectivity index (χ0n) is 14.2. The molecule has 1 amide bonds. The maximum atomic E-state index is 12.9. The summed E-state index contributed by atoms with van der Waals surface area (Å²) in [4.78, 5) is 31.7. The number of fused-ring (bicyclic) bond motifs is 1. The van der Waals surface area contributed by atoms with E-state index in [1.54, 1.807) is 17.0 Å². The minimum absolute atomic E-state index is 0.0538. The van der Waals surface area contributed by atoms with Crippen LogP contribution in [0.5, 0.6) is 0 Å². The topological polar surface area (TPSA) is 93.2 Å². The van der Waals surface area contributed by atoms with Crippen LogP contribution >= 0.6 is 11.6 Å². The number of rotatable bonds is 3. The Morgan fingerprint density at radius 2 is 2.04 bits per heavy atom. The Balaban J connectivity index is 1.67. The molecule has 0 saturated carbocycles. The first kappa shape index (κ1) is 17.2. The van der Waals surface area contributed by atoms with Crippen LogP contribution in [0, 0.1) is 0 Å². The number of aromatic nitrogens is 4. The van der Waals surface area contributed by atoms with Crippen molar-refractivity contribution < 1.29 is 9.90 Å². The predicted octanol–water partition coefficient (Wildman–Crippen LogP) is 1.13. The maximum absolute atomic E-state index is 12.9. The van der Waals surface area contributed by atoms with E-state index >= 15 is 0 Å². The molecular formula is C17H20ClN5O3. The van der Waals surface area contributed by atoms with Crippen molar-refractivity contribution in [3.8, 4) is 0 Å². The highest BCUT2D eigenvalue weighted by molar-refractivity contribution is 6.30. The van der Waals surface area contributed by atoms with Gasteiger partial charge in [-0.2, -0.15) is 5.10 Å². The van der Waals surface area contributed by atoms with Crippen LogP contribution in [0.15, 0.2) is 23.1 Å². The Labute approximate surface area is 155 Å². The Bertz CT molecular complexity index is 870. The second-order valence-corrected chi connectivity index (χ2v) is 7.21. The summed E-state index contributed by atoms with van der Waals surface area (Å²) in [6.45, 7) is 1.61. The highest BCUT2D eigenvalue weighted by Crippen LogP contribution is 2.31. The third-order valence-electron chi connectivity index (χ3n) is 5.02. The van der Waals surface area contributed by atoms with Crippen molar-refractivity contribution in [3.05, 3.63) is 45.4 Å². The molecule has 0 aromatic carbocycles. The molecule has 9 heteroatoms. The normalized spacial score (nSPS) is 22.5. The predicted molar refractivity (Wildman–Crippen MR) is 93.9 cm³/mol. The van der Waals surface area contributed by atoms with Gasteiger partial charge in [0.05, 0.1) is 17.3 Å². The summed E-state index contributed by atoms with van der Waals surface area (Å²) < 4.78 is 2.62. The summed E-state index contributed by atoms with van der Waals surface area (Å²) in [7, 11) is 0. The fourth-order valence-corrected chi connectivity index (χ4v) is 3.78. The average Bonchev–Trinajstić information content (AvgIpc) is 3.27. The lowest BCUT2D eigenvalue weighted by Crippen LogP contribution is -2.42. The molecule has 0 bridgehead atoms. The molecule has 0 aliphatic carbocycles. The number of likely N-dealkylation sites (tertiary alicyclic amines) is 1. The van der Waals surface area contributed by atoms with E-state index < -0.39 is 17.8 Å². The number of amides is 1. The van der Waals surface area contributed by atoms with Gasteiger partial charge in [0.15, 0.2) is 5.82 Å². The van der Waals surface area contributed by atoms with Crippen LogP contribution in [0.25, 0.3) is 0 Å². The van der Waals surface area contributed by atoms with Crippen molar-refractivity contribution in [1.82, 2.24) is 24.2 Å². The lowest BCUT2D eigenvalue weighted by Gasteiger charge is -2.29. The number of hydrogen-bond acceptors (Lipinski definition) is 5. The van der Waals surface area contributed by atoms with E-state index in [1.807, 2.05) is 0 Å². The van der Waals surface area contributed by atoms with Crippen LogP contribution in [-0.4, -0.2) is 48.3 Å². The summed E-state index contributed by atoms with van der Waals surface area (Å²) in [5, 5.41) is 15.1. The van der Waals surface area contributed by atoms with Gasteiger partial charge in [-0.05, 0) is 37.8 Å². The highest BCUT2D eigenvalue weighted by Gasteiger charge is 2.37. The van der Waals surface area contributed by atoms with Gasteiger partial charge < -0.3 is 10.0 Å². The molecule has 4 rings (SSSR count). The van der Waals surface area contributed by atoms with Gasteiger partial charge in [-0.1, -0.05) is 11.6 Å². The van der Waals surface area contributed by atoms with Crippen molar-refractivity contribution in [2.45, 2.75) is 44.4 Å². The zero-order valence-corrected chi connectivity index (χ0v) is 15.0. The van der Waals surface area contributed by atoms with E-state index in [0.29, 0.717) is 23.6 Å². The first-order valence-electron chi connectivity index (χ1n) is 8.81. The molecule has 1 saturated heterocycles. The van der Waals surface area contributed by atoms with Crippen molar-refractivity contribution >= 4 is 17.5 Å². The maximum Gasteiger partial charge on any atom is 0.347 e. The molecule has 2 unspecified atom stereocenters. The van der Waals surface area contributed by atoms with E-state index in [2.05, 4.69) is 10.1 Å². The Hall–Kier alpha value is -2.19. The quantitative estimate of drug-likeness (QED) is 0.865. The number of pyridine rings is 1. The first-order chi connectivity index (χ1) is 12.5. The van der Waals surface area contributed by atoms with E-state index in [4.69, 9.17) is 11.6 Å². The smallest absolute Gasteiger partial charge is 0.347 e. The molecule has 2 aliphatic heterocycles. The molecule has 26 heavy (non-hydrogen) atoms. The summed E-state index contributed by atoms with van der Waals surface area (Å²) in [6.07, 6.45) is 3.50. The molecule has 4 heterocycles. The monoisotopic (exact) mass is 377 g/mol. The Kier molecular flexibility index (Phi) is 4.54. The molecule has 2 aliphatic rings. The molecule has 0 radical (unpaired) electrons. The minimum Gasteiger partial charge on any atom is -0.385 e. The van der Waals surface area contributed by atoms with Crippen molar-refractivity contribution in [2.75, 3.05) is 13.1 Å². The fraction of sp³-hybridized carbons (Fsp3) is 0.529. The number of carbonyl (C=O) groups excluding carboxylic acids is 1. The van der Waals surface area contributed by atoms with Crippen LogP contribution in [0.1, 0.15) is 49.3 Å². The van der Waals surface area contributed by atoms with Crippen molar-refractivity contribution in [1.29, 1.82) is 0 Å². The summed E-state index contributed by atoms with van der Waals surface area (Å²) in [6, 6.07) is 2.82. The van der Waals surface area contributed by atoms with Gasteiger partial charge in [-0.3, -0.25) is 14.3 Å². The molecule has 138 valence electrons. The number of aliphatic hydroxyl groups excluding tert-OH is 1. The number of hydrogen-bond donors (Lipinski definition) is 1. The third-order valence-corrected chi connectivity index (χ3v) is 5.25. The summed E-state index contributed by atoms with van der Waals surface area (Å²) in [5.74, 6) is 0.203. The standard InChI is InChI=1S/C17H20ClN5O3/c18-11-3-4-12(19-9-11)10-22-17(26)23-13(5-6-14(24)15(23)20-22)16(25)21-7-1-2-8-21/h3-4,9,13-14,24H,1-2,5-8,10H2. The van der Waals surface area contributed by atoms with Gasteiger partial charge in [0.1, 0.15) is 12.1 Å². The minimum atomic E-state index is -0.843. The number of halogens is 1. The summed E-state index contributed by atoms with van der Waals surface area (Å²) >= 11 is 5.84. The zero-order chi connectivity index (χ0) is 18.3. The van der Waals surface area contributed by atoms with Gasteiger partial charge in [0.2, 0.25) is 5.91 Å². The van der Waals surface area contributed by atoms with E-state index in [-0.39, 0.29) is 18.3 Å². The molecule has 1 N–H and O–H groups in total. The van der Waals surface area contributed by atoms with Crippen LogP contribution in [0.3, 0.4) is 0 Å². The SMILES string of the molecule is O=C(C1CCC(O)c2nn(Cc3ccc(Cl)cn3)c(=O)n21)N1CCCC1. The van der Waals surface area contributed by atoms with Gasteiger partial charge in [-0.25, -0.2) is 9.48 Å². The van der Waals surface area contributed by atoms with E-state index in [9.17, 15) is 14.7 Å². The second-order valence-electron chi connectivity index (χ2n) is 6.78. The van der Waals surface area contributed by atoms with E-state index in [1.165, 1.54) is 15.4 Å². The fourth-order valence-electron chi connectivity index (χ4n) is 3.67. The largest absolute Gasteiger partial charge is 0.385 e. The van der Waals surface area contributed by atoms with Crippen LogP contribution < -0.4 is 5.69 Å². The lowest BCUT2D eigenvalue weighted by atomic mass is 10.0. The van der Waals surface area contributed by atoms with Gasteiger partial charge in [0.25, 0.3) is 0 Å². The first-order valence-corrected chi connectivity index (χ1v) is 9.19. The van der Waals surface area contributed by atoms with E-state index in [0.717, 1.165) is 25.9 Å². The van der Waals surface area contributed by atoms with Gasteiger partial charge in [-0.15, -0.1) is 0 Å². The lowest BCUT2D eigenvalue weighted by molar-refractivity contribution is -0.134.